The van der Waals surface area contributed by atoms with Crippen molar-refractivity contribution in [2.75, 3.05) is 5.73 Å². The minimum atomic E-state index is 0.0625. The van der Waals surface area contributed by atoms with E-state index in [1.165, 1.54) is 11.3 Å². The summed E-state index contributed by atoms with van der Waals surface area (Å²) in [5.74, 6) is 0.0625. The predicted octanol–water partition coefficient (Wildman–Crippen LogP) is 4.14. The molecule has 2 aromatic rings. The summed E-state index contributed by atoms with van der Waals surface area (Å²) < 4.78 is 0.969. The maximum absolute atomic E-state index is 12.6. The molecule has 0 saturated carbocycles. The Labute approximate surface area is 131 Å². The van der Waals surface area contributed by atoms with E-state index in [0.717, 1.165) is 19.9 Å². The van der Waals surface area contributed by atoms with E-state index in [2.05, 4.69) is 15.9 Å². The normalized spacial score (nSPS) is 10.8. The van der Waals surface area contributed by atoms with Crippen LogP contribution in [0.5, 0.6) is 0 Å². The Bertz CT molecular complexity index is 592. The van der Waals surface area contributed by atoms with Crippen molar-refractivity contribution in [1.82, 2.24) is 4.90 Å². The van der Waals surface area contributed by atoms with Crippen molar-refractivity contribution in [3.05, 3.63) is 50.6 Å². The van der Waals surface area contributed by atoms with E-state index in [9.17, 15) is 4.79 Å². The number of hydrogen-bond acceptors (Lipinski definition) is 3. The number of halogens is 1. The second-order valence-corrected chi connectivity index (χ2v) is 7.34. The third-order valence-corrected chi connectivity index (χ3v) is 4.61. The van der Waals surface area contributed by atoms with Crippen molar-refractivity contribution < 1.29 is 4.79 Å². The molecule has 20 heavy (non-hydrogen) atoms. The third kappa shape index (κ3) is 3.61. The largest absolute Gasteiger partial charge is 0.399 e. The predicted molar refractivity (Wildman–Crippen MR) is 87.9 cm³/mol. The quantitative estimate of drug-likeness (QED) is 0.840. The van der Waals surface area contributed by atoms with Gasteiger partial charge < -0.3 is 10.6 Å². The molecule has 0 unspecified atom stereocenters. The summed E-state index contributed by atoms with van der Waals surface area (Å²) in [5.41, 5.74) is 7.50. The summed E-state index contributed by atoms with van der Waals surface area (Å²) in [4.78, 5) is 15.2. The van der Waals surface area contributed by atoms with Crippen molar-refractivity contribution in [2.45, 2.75) is 26.4 Å². The van der Waals surface area contributed by atoms with Crippen LogP contribution in [-0.2, 0) is 6.54 Å². The van der Waals surface area contributed by atoms with E-state index < -0.39 is 0 Å². The fourth-order valence-electron chi connectivity index (χ4n) is 1.88. The maximum atomic E-state index is 12.6. The molecule has 0 atom stereocenters. The zero-order chi connectivity index (χ0) is 14.7. The fraction of sp³-hybridized carbons (Fsp3) is 0.267. The third-order valence-electron chi connectivity index (χ3n) is 3.00. The number of amides is 1. The van der Waals surface area contributed by atoms with Crippen LogP contribution in [0.1, 0.15) is 29.1 Å². The fourth-order valence-corrected chi connectivity index (χ4v) is 3.22. The highest BCUT2D eigenvalue weighted by atomic mass is 79.9. The van der Waals surface area contributed by atoms with Gasteiger partial charge in [-0.1, -0.05) is 12.1 Å². The molecule has 1 aromatic heterocycles. The molecule has 0 aliphatic heterocycles. The van der Waals surface area contributed by atoms with Crippen molar-refractivity contribution in [3.63, 3.8) is 0 Å². The molecular weight excluding hydrogens is 336 g/mol. The Kier molecular flexibility index (Phi) is 4.83. The highest BCUT2D eigenvalue weighted by molar-refractivity contribution is 9.11. The number of carbonyl (C=O) groups excluding carboxylic acids is 1. The Morgan fingerprint density at radius 1 is 1.25 bits per heavy atom. The first-order chi connectivity index (χ1) is 9.47. The molecule has 2 rings (SSSR count). The van der Waals surface area contributed by atoms with Gasteiger partial charge in [0.05, 0.1) is 8.66 Å². The molecule has 106 valence electrons. The van der Waals surface area contributed by atoms with Crippen LogP contribution < -0.4 is 5.73 Å². The second-order valence-electron chi connectivity index (χ2n) is 4.87. The summed E-state index contributed by atoms with van der Waals surface area (Å²) in [6, 6.07) is 11.5. The first-order valence-corrected chi connectivity index (χ1v) is 7.99. The lowest BCUT2D eigenvalue weighted by atomic mass is 10.1. The number of benzene rings is 1. The number of rotatable bonds is 4. The first-order valence-electron chi connectivity index (χ1n) is 6.38. The van der Waals surface area contributed by atoms with Crippen LogP contribution in [0.25, 0.3) is 0 Å². The van der Waals surface area contributed by atoms with Gasteiger partial charge in [0, 0.05) is 18.3 Å². The van der Waals surface area contributed by atoms with Gasteiger partial charge in [-0.3, -0.25) is 4.79 Å². The van der Waals surface area contributed by atoms with E-state index in [0.29, 0.717) is 6.54 Å². The molecule has 0 bridgehead atoms. The SMILES string of the molecule is CC(C)N(Cc1ccc(N)cc1)C(=O)c1ccc(Br)s1. The van der Waals surface area contributed by atoms with Gasteiger partial charge in [0.2, 0.25) is 0 Å². The topological polar surface area (TPSA) is 46.3 Å². The molecule has 0 fully saturated rings. The lowest BCUT2D eigenvalue weighted by molar-refractivity contribution is 0.0695. The Hall–Kier alpha value is -1.33. The summed E-state index contributed by atoms with van der Waals surface area (Å²) in [7, 11) is 0. The van der Waals surface area contributed by atoms with Crippen molar-refractivity contribution in [3.8, 4) is 0 Å². The number of nitrogens with two attached hydrogens (primary N) is 1. The van der Waals surface area contributed by atoms with Crippen molar-refractivity contribution in [2.24, 2.45) is 0 Å². The molecule has 0 aliphatic carbocycles. The Morgan fingerprint density at radius 3 is 2.40 bits per heavy atom. The summed E-state index contributed by atoms with van der Waals surface area (Å²) >= 11 is 4.86. The monoisotopic (exact) mass is 352 g/mol. The van der Waals surface area contributed by atoms with E-state index in [1.807, 2.05) is 55.1 Å². The van der Waals surface area contributed by atoms with Gasteiger partial charge in [-0.2, -0.15) is 0 Å². The molecule has 2 N–H and O–H groups in total. The zero-order valence-electron chi connectivity index (χ0n) is 11.5. The Balaban J connectivity index is 2.19. The smallest absolute Gasteiger partial charge is 0.264 e. The molecule has 1 aromatic carbocycles. The summed E-state index contributed by atoms with van der Waals surface area (Å²) in [6.45, 7) is 4.64. The molecule has 0 aliphatic rings. The maximum Gasteiger partial charge on any atom is 0.264 e. The molecule has 0 radical (unpaired) electrons. The summed E-state index contributed by atoms with van der Waals surface area (Å²) in [5, 5.41) is 0. The first kappa shape index (κ1) is 15.1. The van der Waals surface area contributed by atoms with E-state index in [4.69, 9.17) is 5.73 Å². The molecule has 3 nitrogen and oxygen atoms in total. The molecular formula is C15H17BrN2OS. The standard InChI is InChI=1S/C15H17BrN2OS/c1-10(2)18(9-11-3-5-12(17)6-4-11)15(19)13-7-8-14(16)20-13/h3-8,10H,9,17H2,1-2H3. The average molecular weight is 353 g/mol. The highest BCUT2D eigenvalue weighted by Crippen LogP contribution is 2.24. The van der Waals surface area contributed by atoms with Crippen LogP contribution in [0, 0.1) is 0 Å². The van der Waals surface area contributed by atoms with Crippen LogP contribution in [-0.4, -0.2) is 16.8 Å². The lowest BCUT2D eigenvalue weighted by Crippen LogP contribution is -2.35. The molecule has 5 heteroatoms. The second kappa shape index (κ2) is 6.41. The van der Waals surface area contributed by atoms with Crippen LogP contribution in [0.3, 0.4) is 0 Å². The molecule has 1 amide bonds. The van der Waals surface area contributed by atoms with Gasteiger partial charge in [0.25, 0.3) is 5.91 Å². The minimum Gasteiger partial charge on any atom is -0.399 e. The molecule has 0 spiro atoms. The zero-order valence-corrected chi connectivity index (χ0v) is 13.9. The van der Waals surface area contributed by atoms with Gasteiger partial charge in [-0.05, 0) is 59.6 Å². The number of hydrogen-bond donors (Lipinski definition) is 1. The van der Waals surface area contributed by atoms with E-state index in [-0.39, 0.29) is 11.9 Å². The van der Waals surface area contributed by atoms with Crippen LogP contribution >= 0.6 is 27.3 Å². The number of carbonyl (C=O) groups is 1. The van der Waals surface area contributed by atoms with Gasteiger partial charge >= 0.3 is 0 Å². The van der Waals surface area contributed by atoms with Crippen molar-refractivity contribution >= 4 is 38.9 Å². The summed E-state index contributed by atoms with van der Waals surface area (Å²) in [6.07, 6.45) is 0. The van der Waals surface area contributed by atoms with Crippen LogP contribution in [0.2, 0.25) is 0 Å². The minimum absolute atomic E-state index is 0.0625. The Morgan fingerprint density at radius 2 is 1.90 bits per heavy atom. The van der Waals surface area contributed by atoms with E-state index in [1.54, 1.807) is 0 Å². The van der Waals surface area contributed by atoms with Crippen molar-refractivity contribution in [1.29, 1.82) is 0 Å². The average Bonchev–Trinajstić information content (AvgIpc) is 2.83. The number of anilines is 1. The number of nitrogen functional groups attached to an aromatic ring is 1. The van der Waals surface area contributed by atoms with Crippen LogP contribution in [0.15, 0.2) is 40.2 Å². The number of nitrogens with zero attached hydrogens (tertiary/aromatic N) is 1. The van der Waals surface area contributed by atoms with Gasteiger partial charge in [-0.25, -0.2) is 0 Å². The molecule has 0 saturated heterocycles. The lowest BCUT2D eigenvalue weighted by Gasteiger charge is -2.26. The van der Waals surface area contributed by atoms with E-state index >= 15 is 0 Å². The van der Waals surface area contributed by atoms with Gasteiger partial charge in [-0.15, -0.1) is 11.3 Å². The van der Waals surface area contributed by atoms with Gasteiger partial charge in [0.1, 0.15) is 0 Å². The van der Waals surface area contributed by atoms with Crippen LogP contribution in [0.4, 0.5) is 5.69 Å². The highest BCUT2D eigenvalue weighted by Gasteiger charge is 2.20. The van der Waals surface area contributed by atoms with Gasteiger partial charge in [0.15, 0.2) is 0 Å². The molecule has 1 heterocycles. The number of thiophene rings is 1.